The Morgan fingerprint density at radius 1 is 1.27 bits per heavy atom. The van der Waals surface area contributed by atoms with E-state index in [0.29, 0.717) is 0 Å². The van der Waals surface area contributed by atoms with Crippen molar-refractivity contribution in [2.24, 2.45) is 0 Å². The molecule has 4 nitrogen and oxygen atoms in total. The van der Waals surface area contributed by atoms with Gasteiger partial charge in [-0.3, -0.25) is 0 Å². The van der Waals surface area contributed by atoms with Crippen molar-refractivity contribution in [3.05, 3.63) is 0 Å². The molecule has 2 heterocycles. The number of hydrogen-bond acceptors (Lipinski definition) is 2. The molecule has 2 bridgehead atoms. The van der Waals surface area contributed by atoms with Crippen LogP contribution in [0, 0.1) is 0 Å². The number of ether oxygens (including phenoxy) is 1. The summed E-state index contributed by atoms with van der Waals surface area (Å²) in [5.41, 5.74) is -0.158. The molecule has 2 rings (SSSR count). The van der Waals surface area contributed by atoms with E-state index in [9.17, 15) is 4.79 Å². The minimum absolute atomic E-state index is 0.0442. The maximum absolute atomic E-state index is 11.9. The van der Waals surface area contributed by atoms with Crippen LogP contribution in [0.3, 0.4) is 0 Å². The molecule has 2 fully saturated rings. The molecule has 2 saturated heterocycles. The van der Waals surface area contributed by atoms with Crippen LogP contribution in [0.15, 0.2) is 0 Å². The Kier molecular flexibility index (Phi) is 2.63. The maximum atomic E-state index is 11.9. The summed E-state index contributed by atoms with van der Waals surface area (Å²) < 4.78 is 5.69. The third-order valence-electron chi connectivity index (χ3n) is 2.81. The standard InChI is InChI=1S/C11H20N2O2/c1-11(2,3)12-10(14)13-6-8-4-5-9(7-13)15-8/h8-9H,4-7H2,1-3H3,(H,12,14). The number of amides is 2. The van der Waals surface area contributed by atoms with Gasteiger partial charge in [0.05, 0.1) is 12.2 Å². The van der Waals surface area contributed by atoms with Crippen LogP contribution < -0.4 is 5.32 Å². The van der Waals surface area contributed by atoms with Gasteiger partial charge in [-0.05, 0) is 33.6 Å². The van der Waals surface area contributed by atoms with Gasteiger partial charge in [0.2, 0.25) is 0 Å². The van der Waals surface area contributed by atoms with Gasteiger partial charge in [0.25, 0.3) is 0 Å². The van der Waals surface area contributed by atoms with Gasteiger partial charge in [-0.2, -0.15) is 0 Å². The summed E-state index contributed by atoms with van der Waals surface area (Å²) in [7, 11) is 0. The van der Waals surface area contributed by atoms with Crippen LogP contribution >= 0.6 is 0 Å². The number of carbonyl (C=O) groups is 1. The zero-order valence-corrected chi connectivity index (χ0v) is 9.75. The van der Waals surface area contributed by atoms with Gasteiger partial charge in [0, 0.05) is 18.6 Å². The van der Waals surface area contributed by atoms with E-state index in [1.165, 1.54) is 0 Å². The third kappa shape index (κ3) is 2.62. The average Bonchev–Trinajstić information content (AvgIpc) is 2.42. The minimum Gasteiger partial charge on any atom is -0.371 e. The normalized spacial score (nSPS) is 30.5. The second kappa shape index (κ2) is 3.67. The van der Waals surface area contributed by atoms with Crippen molar-refractivity contribution in [3.63, 3.8) is 0 Å². The highest BCUT2D eigenvalue weighted by atomic mass is 16.5. The van der Waals surface area contributed by atoms with E-state index in [-0.39, 0.29) is 23.8 Å². The lowest BCUT2D eigenvalue weighted by molar-refractivity contribution is -0.0245. The number of carbonyl (C=O) groups excluding carboxylic acids is 1. The Labute approximate surface area is 91.0 Å². The average molecular weight is 212 g/mol. The Balaban J connectivity index is 1.91. The van der Waals surface area contributed by atoms with Crippen LogP contribution in [-0.2, 0) is 4.74 Å². The van der Waals surface area contributed by atoms with Crippen molar-refractivity contribution >= 4 is 6.03 Å². The van der Waals surface area contributed by atoms with Gasteiger partial charge in [-0.25, -0.2) is 4.79 Å². The molecule has 86 valence electrons. The van der Waals surface area contributed by atoms with Crippen LogP contribution in [0.1, 0.15) is 33.6 Å². The molecule has 0 aromatic rings. The summed E-state index contributed by atoms with van der Waals surface area (Å²) in [6.07, 6.45) is 2.75. The molecule has 0 aromatic heterocycles. The number of nitrogens with zero attached hydrogens (tertiary/aromatic N) is 1. The van der Waals surface area contributed by atoms with Gasteiger partial charge in [-0.1, -0.05) is 0 Å². The number of fused-ring (bicyclic) bond motifs is 2. The van der Waals surface area contributed by atoms with Crippen LogP contribution in [-0.4, -0.2) is 41.8 Å². The summed E-state index contributed by atoms with van der Waals surface area (Å²) in [4.78, 5) is 13.8. The molecule has 2 aliphatic heterocycles. The molecule has 0 aromatic carbocycles. The zero-order chi connectivity index (χ0) is 11.1. The molecular weight excluding hydrogens is 192 g/mol. The van der Waals surface area contributed by atoms with Gasteiger partial charge in [0.1, 0.15) is 0 Å². The quantitative estimate of drug-likeness (QED) is 0.658. The fraction of sp³-hybridized carbons (Fsp3) is 0.909. The summed E-state index contributed by atoms with van der Waals surface area (Å²) in [6.45, 7) is 7.50. The van der Waals surface area contributed by atoms with Crippen LogP contribution in [0.4, 0.5) is 4.79 Å². The molecule has 2 amide bonds. The molecule has 2 atom stereocenters. The molecule has 0 radical (unpaired) electrons. The first kappa shape index (κ1) is 10.7. The number of likely N-dealkylation sites (tertiary alicyclic amines) is 1. The van der Waals surface area contributed by atoms with Crippen molar-refractivity contribution in [2.75, 3.05) is 13.1 Å². The Hall–Kier alpha value is -0.770. The predicted molar refractivity (Wildman–Crippen MR) is 57.8 cm³/mol. The molecule has 1 N–H and O–H groups in total. The van der Waals surface area contributed by atoms with E-state index < -0.39 is 0 Å². The van der Waals surface area contributed by atoms with E-state index in [2.05, 4.69) is 5.32 Å². The number of urea groups is 1. The first-order valence-corrected chi connectivity index (χ1v) is 5.66. The molecule has 0 spiro atoms. The number of rotatable bonds is 0. The van der Waals surface area contributed by atoms with Crippen LogP contribution in [0.25, 0.3) is 0 Å². The second-order valence-corrected chi connectivity index (χ2v) is 5.54. The van der Waals surface area contributed by atoms with Gasteiger partial charge >= 0.3 is 6.03 Å². The number of hydrogen-bond donors (Lipinski definition) is 1. The lowest BCUT2D eigenvalue weighted by Crippen LogP contribution is -2.54. The van der Waals surface area contributed by atoms with Crippen LogP contribution in [0.2, 0.25) is 0 Å². The first-order valence-electron chi connectivity index (χ1n) is 5.66. The van der Waals surface area contributed by atoms with Gasteiger partial charge < -0.3 is 15.0 Å². The fourth-order valence-electron chi connectivity index (χ4n) is 2.18. The molecular formula is C11H20N2O2. The Bertz CT molecular complexity index is 248. The van der Waals surface area contributed by atoms with E-state index in [1.54, 1.807) is 0 Å². The lowest BCUT2D eigenvalue weighted by atomic mass is 10.1. The maximum Gasteiger partial charge on any atom is 0.317 e. The number of morpholine rings is 1. The highest BCUT2D eigenvalue weighted by molar-refractivity contribution is 5.75. The van der Waals surface area contributed by atoms with E-state index in [4.69, 9.17) is 4.74 Å². The number of nitrogens with one attached hydrogen (secondary N) is 1. The van der Waals surface area contributed by atoms with Crippen molar-refractivity contribution in [3.8, 4) is 0 Å². The topological polar surface area (TPSA) is 41.6 Å². The summed E-state index contributed by atoms with van der Waals surface area (Å²) in [5, 5.41) is 2.99. The molecule has 4 heteroatoms. The third-order valence-corrected chi connectivity index (χ3v) is 2.81. The monoisotopic (exact) mass is 212 g/mol. The summed E-state index contributed by atoms with van der Waals surface area (Å²) in [5.74, 6) is 0. The van der Waals surface area contributed by atoms with Gasteiger partial charge in [-0.15, -0.1) is 0 Å². The van der Waals surface area contributed by atoms with Crippen molar-refractivity contribution in [2.45, 2.75) is 51.4 Å². The highest BCUT2D eigenvalue weighted by Gasteiger charge is 2.36. The highest BCUT2D eigenvalue weighted by Crippen LogP contribution is 2.26. The lowest BCUT2D eigenvalue weighted by Gasteiger charge is -2.34. The molecule has 2 unspecified atom stereocenters. The minimum atomic E-state index is -0.158. The van der Waals surface area contributed by atoms with Crippen molar-refractivity contribution < 1.29 is 9.53 Å². The van der Waals surface area contributed by atoms with E-state index in [1.807, 2.05) is 25.7 Å². The van der Waals surface area contributed by atoms with Crippen LogP contribution in [0.5, 0.6) is 0 Å². The Morgan fingerprint density at radius 3 is 2.27 bits per heavy atom. The molecule has 2 aliphatic rings. The Morgan fingerprint density at radius 2 is 1.80 bits per heavy atom. The van der Waals surface area contributed by atoms with Crippen molar-refractivity contribution in [1.29, 1.82) is 0 Å². The zero-order valence-electron chi connectivity index (χ0n) is 9.75. The SMILES string of the molecule is CC(C)(C)NC(=O)N1CC2CCC(C1)O2. The smallest absolute Gasteiger partial charge is 0.317 e. The molecule has 15 heavy (non-hydrogen) atoms. The first-order chi connectivity index (χ1) is 6.94. The van der Waals surface area contributed by atoms with Crippen molar-refractivity contribution in [1.82, 2.24) is 10.2 Å². The fourth-order valence-corrected chi connectivity index (χ4v) is 2.18. The van der Waals surface area contributed by atoms with E-state index >= 15 is 0 Å². The van der Waals surface area contributed by atoms with Gasteiger partial charge in [0.15, 0.2) is 0 Å². The second-order valence-electron chi connectivity index (χ2n) is 5.54. The molecule has 0 saturated carbocycles. The molecule has 0 aliphatic carbocycles. The summed E-state index contributed by atoms with van der Waals surface area (Å²) >= 11 is 0. The summed E-state index contributed by atoms with van der Waals surface area (Å²) in [6, 6.07) is 0.0442. The largest absolute Gasteiger partial charge is 0.371 e. The van der Waals surface area contributed by atoms with E-state index in [0.717, 1.165) is 25.9 Å². The predicted octanol–water partition coefficient (Wildman–Crippen LogP) is 1.36.